The number of ether oxygens (including phenoxy) is 1. The molecular formula is C9H21NO2. The van der Waals surface area contributed by atoms with Crippen LogP contribution in [0.4, 0.5) is 0 Å². The first-order valence-corrected chi connectivity index (χ1v) is 4.47. The molecule has 3 nitrogen and oxygen atoms in total. The van der Waals surface area contributed by atoms with Crippen molar-refractivity contribution in [1.29, 1.82) is 0 Å². The lowest BCUT2D eigenvalue weighted by molar-refractivity contribution is 0.132. The van der Waals surface area contributed by atoms with Gasteiger partial charge in [0.2, 0.25) is 0 Å². The van der Waals surface area contributed by atoms with E-state index in [2.05, 4.69) is 19.2 Å². The molecule has 0 spiro atoms. The predicted molar refractivity (Wildman–Crippen MR) is 50.2 cm³/mol. The Kier molecular flexibility index (Phi) is 6.34. The van der Waals surface area contributed by atoms with E-state index >= 15 is 0 Å². The van der Waals surface area contributed by atoms with E-state index < -0.39 is 0 Å². The van der Waals surface area contributed by atoms with Gasteiger partial charge in [-0.3, -0.25) is 0 Å². The molecule has 0 aliphatic carbocycles. The molecule has 2 unspecified atom stereocenters. The van der Waals surface area contributed by atoms with Crippen molar-refractivity contribution in [3.63, 3.8) is 0 Å². The van der Waals surface area contributed by atoms with Crippen LogP contribution in [0, 0.1) is 5.92 Å². The molecular weight excluding hydrogens is 154 g/mol. The van der Waals surface area contributed by atoms with E-state index in [1.165, 1.54) is 0 Å². The molecule has 2 atom stereocenters. The minimum atomic E-state index is 0.146. The second-order valence-electron chi connectivity index (χ2n) is 3.56. The molecule has 0 aliphatic heterocycles. The Labute approximate surface area is 75.1 Å². The number of hydrogen-bond donors (Lipinski definition) is 2. The lowest BCUT2D eigenvalue weighted by atomic mass is 10.0. The summed E-state index contributed by atoms with van der Waals surface area (Å²) in [5.74, 6) is 0.527. The van der Waals surface area contributed by atoms with E-state index in [0.29, 0.717) is 18.6 Å². The van der Waals surface area contributed by atoms with Gasteiger partial charge in [0.1, 0.15) is 0 Å². The lowest BCUT2D eigenvalue weighted by Crippen LogP contribution is -2.44. The van der Waals surface area contributed by atoms with Crippen molar-refractivity contribution < 1.29 is 9.84 Å². The molecule has 0 saturated heterocycles. The van der Waals surface area contributed by atoms with Gasteiger partial charge in [-0.25, -0.2) is 0 Å². The number of hydrogen-bond acceptors (Lipinski definition) is 3. The number of methoxy groups -OCH3 is 1. The van der Waals surface area contributed by atoms with Crippen LogP contribution in [0.1, 0.15) is 20.8 Å². The standard InChI is InChI=1S/C9H21NO2/c1-7(2)9(6-12-4)10-8(3)5-11/h7-11H,5-6H2,1-4H3. The van der Waals surface area contributed by atoms with Gasteiger partial charge in [-0.2, -0.15) is 0 Å². The first-order valence-electron chi connectivity index (χ1n) is 4.47. The fourth-order valence-electron chi connectivity index (χ4n) is 1.03. The summed E-state index contributed by atoms with van der Waals surface area (Å²) in [6.07, 6.45) is 0. The van der Waals surface area contributed by atoms with Crippen molar-refractivity contribution in [2.45, 2.75) is 32.9 Å². The molecule has 0 bridgehead atoms. The fraction of sp³-hybridized carbons (Fsp3) is 1.00. The molecule has 74 valence electrons. The number of nitrogens with one attached hydrogen (secondary N) is 1. The third kappa shape index (κ3) is 4.70. The molecule has 2 N–H and O–H groups in total. The fourth-order valence-corrected chi connectivity index (χ4v) is 1.03. The summed E-state index contributed by atoms with van der Waals surface area (Å²) < 4.78 is 5.07. The van der Waals surface area contributed by atoms with Crippen LogP contribution in [0.5, 0.6) is 0 Å². The van der Waals surface area contributed by atoms with Crippen molar-refractivity contribution >= 4 is 0 Å². The minimum absolute atomic E-state index is 0.146. The highest BCUT2D eigenvalue weighted by Gasteiger charge is 2.14. The van der Waals surface area contributed by atoms with Crippen molar-refractivity contribution in [2.24, 2.45) is 5.92 Å². The summed E-state index contributed by atoms with van der Waals surface area (Å²) in [6, 6.07) is 0.477. The van der Waals surface area contributed by atoms with Crippen LogP contribution in [0.3, 0.4) is 0 Å². The molecule has 0 aromatic heterocycles. The second kappa shape index (κ2) is 6.40. The average molecular weight is 175 g/mol. The zero-order chi connectivity index (χ0) is 9.56. The van der Waals surface area contributed by atoms with Gasteiger partial charge in [-0.05, 0) is 12.8 Å². The topological polar surface area (TPSA) is 41.5 Å². The monoisotopic (exact) mass is 175 g/mol. The first-order chi connectivity index (χ1) is 5.61. The summed E-state index contributed by atoms with van der Waals surface area (Å²) in [5.41, 5.74) is 0. The largest absolute Gasteiger partial charge is 0.395 e. The van der Waals surface area contributed by atoms with Crippen molar-refractivity contribution in [3.05, 3.63) is 0 Å². The van der Waals surface area contributed by atoms with Crippen LogP contribution in [0.15, 0.2) is 0 Å². The zero-order valence-electron chi connectivity index (χ0n) is 8.50. The molecule has 0 aromatic rings. The number of aliphatic hydroxyl groups excluding tert-OH is 1. The summed E-state index contributed by atoms with van der Waals surface area (Å²) in [6.45, 7) is 7.11. The van der Waals surface area contributed by atoms with Gasteiger partial charge < -0.3 is 15.2 Å². The summed E-state index contributed by atoms with van der Waals surface area (Å²) >= 11 is 0. The maximum atomic E-state index is 8.83. The van der Waals surface area contributed by atoms with Crippen LogP contribution >= 0.6 is 0 Å². The molecule has 3 heteroatoms. The molecule has 0 aliphatic rings. The summed E-state index contributed by atoms with van der Waals surface area (Å²) in [7, 11) is 1.70. The van der Waals surface area contributed by atoms with E-state index in [1.807, 2.05) is 6.92 Å². The maximum Gasteiger partial charge on any atom is 0.0618 e. The Hall–Kier alpha value is -0.120. The Morgan fingerprint density at radius 2 is 1.92 bits per heavy atom. The minimum Gasteiger partial charge on any atom is -0.395 e. The molecule has 0 rings (SSSR count). The Morgan fingerprint density at radius 1 is 1.33 bits per heavy atom. The normalized spacial score (nSPS) is 16.5. The van der Waals surface area contributed by atoms with Crippen LogP contribution in [0.2, 0.25) is 0 Å². The second-order valence-corrected chi connectivity index (χ2v) is 3.56. The third-order valence-electron chi connectivity index (χ3n) is 1.92. The van der Waals surface area contributed by atoms with Gasteiger partial charge >= 0.3 is 0 Å². The molecule has 0 radical (unpaired) electrons. The highest BCUT2D eigenvalue weighted by molar-refractivity contribution is 4.73. The van der Waals surface area contributed by atoms with E-state index in [9.17, 15) is 0 Å². The van der Waals surface area contributed by atoms with Crippen LogP contribution in [-0.2, 0) is 4.74 Å². The van der Waals surface area contributed by atoms with Gasteiger partial charge in [-0.1, -0.05) is 13.8 Å². The van der Waals surface area contributed by atoms with E-state index in [0.717, 1.165) is 0 Å². The smallest absolute Gasteiger partial charge is 0.0618 e. The highest BCUT2D eigenvalue weighted by atomic mass is 16.5. The Morgan fingerprint density at radius 3 is 2.25 bits per heavy atom. The predicted octanol–water partition coefficient (Wildman–Crippen LogP) is 0.628. The van der Waals surface area contributed by atoms with Crippen molar-refractivity contribution in [1.82, 2.24) is 5.32 Å². The molecule has 0 fully saturated rings. The van der Waals surface area contributed by atoms with Gasteiger partial charge in [0.15, 0.2) is 0 Å². The van der Waals surface area contributed by atoms with Gasteiger partial charge in [0, 0.05) is 19.2 Å². The van der Waals surface area contributed by atoms with E-state index in [4.69, 9.17) is 9.84 Å². The molecule has 0 amide bonds. The highest BCUT2D eigenvalue weighted by Crippen LogP contribution is 2.02. The third-order valence-corrected chi connectivity index (χ3v) is 1.92. The number of rotatable bonds is 6. The summed E-state index contributed by atoms with van der Waals surface area (Å²) in [5, 5.41) is 12.1. The molecule has 0 aromatic carbocycles. The maximum absolute atomic E-state index is 8.83. The Balaban J connectivity index is 3.77. The van der Waals surface area contributed by atoms with Gasteiger partial charge in [0.25, 0.3) is 0 Å². The van der Waals surface area contributed by atoms with Crippen LogP contribution < -0.4 is 5.32 Å². The lowest BCUT2D eigenvalue weighted by Gasteiger charge is -2.24. The molecule has 0 saturated carbocycles. The van der Waals surface area contributed by atoms with Crippen molar-refractivity contribution in [2.75, 3.05) is 20.3 Å². The van der Waals surface area contributed by atoms with Gasteiger partial charge in [-0.15, -0.1) is 0 Å². The van der Waals surface area contributed by atoms with E-state index in [1.54, 1.807) is 7.11 Å². The number of aliphatic hydroxyl groups is 1. The molecule has 12 heavy (non-hydrogen) atoms. The first kappa shape index (κ1) is 11.9. The SMILES string of the molecule is COCC(NC(C)CO)C(C)C. The summed E-state index contributed by atoms with van der Waals surface area (Å²) in [4.78, 5) is 0. The van der Waals surface area contributed by atoms with Crippen LogP contribution in [-0.4, -0.2) is 37.5 Å². The van der Waals surface area contributed by atoms with Crippen LogP contribution in [0.25, 0.3) is 0 Å². The zero-order valence-corrected chi connectivity index (χ0v) is 8.50. The average Bonchev–Trinajstić information content (AvgIpc) is 2.03. The molecule has 0 heterocycles. The van der Waals surface area contributed by atoms with Gasteiger partial charge in [0.05, 0.1) is 13.2 Å². The van der Waals surface area contributed by atoms with E-state index in [-0.39, 0.29) is 12.6 Å². The Bertz CT molecular complexity index is 107. The quantitative estimate of drug-likeness (QED) is 0.622. The van der Waals surface area contributed by atoms with Crippen molar-refractivity contribution in [3.8, 4) is 0 Å².